The van der Waals surface area contributed by atoms with E-state index in [0.29, 0.717) is 25.4 Å². The normalized spacial score (nSPS) is 22.0. The molecule has 2 aliphatic rings. The number of nitrogens with one attached hydrogen (secondary N) is 1. The highest BCUT2D eigenvalue weighted by Gasteiger charge is 2.32. The van der Waals surface area contributed by atoms with Gasteiger partial charge in [-0.25, -0.2) is 0 Å². The number of para-hydroxylation sites is 1. The number of hydrogen-bond acceptors (Lipinski definition) is 3. The zero-order valence-electron chi connectivity index (χ0n) is 12.3. The molecule has 2 unspecified atom stereocenters. The smallest absolute Gasteiger partial charge is 0.220 e. The Hall–Kier alpha value is -1.55. The van der Waals surface area contributed by atoms with Crippen LogP contribution in [-0.4, -0.2) is 30.3 Å². The predicted molar refractivity (Wildman–Crippen MR) is 80.3 cm³/mol. The summed E-state index contributed by atoms with van der Waals surface area (Å²) in [6, 6.07) is 8.14. The Kier molecular flexibility index (Phi) is 4.44. The van der Waals surface area contributed by atoms with Gasteiger partial charge in [-0.1, -0.05) is 18.2 Å². The summed E-state index contributed by atoms with van der Waals surface area (Å²) in [4.78, 5) is 12.3. The number of ether oxygens (including phenoxy) is 1. The number of rotatable bonds is 6. The van der Waals surface area contributed by atoms with Crippen molar-refractivity contribution in [3.05, 3.63) is 29.8 Å². The van der Waals surface area contributed by atoms with Crippen molar-refractivity contribution in [2.75, 3.05) is 13.2 Å². The summed E-state index contributed by atoms with van der Waals surface area (Å²) >= 11 is 0. The minimum atomic E-state index is 0.0991. The molecule has 3 rings (SSSR count). The molecule has 0 radical (unpaired) electrons. The number of carbonyl (C=O) groups is 1. The van der Waals surface area contributed by atoms with Gasteiger partial charge in [0.05, 0.1) is 6.61 Å². The number of hydrogen-bond donors (Lipinski definition) is 2. The second-order valence-corrected chi connectivity index (χ2v) is 6.10. The quantitative estimate of drug-likeness (QED) is 0.844. The summed E-state index contributed by atoms with van der Waals surface area (Å²) in [6.45, 7) is 0.819. The van der Waals surface area contributed by atoms with Crippen LogP contribution in [0.25, 0.3) is 0 Å². The van der Waals surface area contributed by atoms with E-state index in [4.69, 9.17) is 9.84 Å². The number of fused-ring (bicyclic) bond motifs is 1. The maximum atomic E-state index is 12.3. The van der Waals surface area contributed by atoms with E-state index in [1.54, 1.807) is 0 Å². The molecule has 1 aliphatic carbocycles. The largest absolute Gasteiger partial charge is 0.493 e. The van der Waals surface area contributed by atoms with Crippen molar-refractivity contribution in [3.63, 3.8) is 0 Å². The molecule has 0 aromatic heterocycles. The SMILES string of the molecule is O=C(CC1CCOc2ccccc21)NC(CCO)C1CC1. The van der Waals surface area contributed by atoms with E-state index >= 15 is 0 Å². The van der Waals surface area contributed by atoms with Gasteiger partial charge in [-0.15, -0.1) is 0 Å². The standard InChI is InChI=1S/C17H23NO3/c19-9-7-15(12-5-6-12)18-17(20)11-13-8-10-21-16-4-2-1-3-14(13)16/h1-4,12-13,15,19H,5-11H2,(H,18,20). The van der Waals surface area contributed by atoms with E-state index in [2.05, 4.69) is 11.4 Å². The van der Waals surface area contributed by atoms with Gasteiger partial charge < -0.3 is 15.2 Å². The van der Waals surface area contributed by atoms with Crippen molar-refractivity contribution in [2.24, 2.45) is 5.92 Å². The second-order valence-electron chi connectivity index (χ2n) is 6.10. The molecule has 1 saturated carbocycles. The predicted octanol–water partition coefficient (Wildman–Crippen LogP) is 2.22. The molecule has 0 spiro atoms. The molecule has 2 atom stereocenters. The molecule has 1 fully saturated rings. The van der Waals surface area contributed by atoms with E-state index in [0.717, 1.165) is 17.7 Å². The lowest BCUT2D eigenvalue weighted by Crippen LogP contribution is -2.38. The van der Waals surface area contributed by atoms with Gasteiger partial charge in [0.25, 0.3) is 0 Å². The van der Waals surface area contributed by atoms with E-state index in [1.165, 1.54) is 12.8 Å². The minimum Gasteiger partial charge on any atom is -0.493 e. The lowest BCUT2D eigenvalue weighted by Gasteiger charge is -2.26. The molecule has 114 valence electrons. The van der Waals surface area contributed by atoms with Crippen molar-refractivity contribution in [1.29, 1.82) is 0 Å². The Morgan fingerprint density at radius 3 is 2.90 bits per heavy atom. The molecule has 2 N–H and O–H groups in total. The zero-order chi connectivity index (χ0) is 14.7. The van der Waals surface area contributed by atoms with Crippen LogP contribution in [-0.2, 0) is 4.79 Å². The van der Waals surface area contributed by atoms with Crippen molar-refractivity contribution in [3.8, 4) is 5.75 Å². The third-order valence-corrected chi connectivity index (χ3v) is 4.49. The fraction of sp³-hybridized carbons (Fsp3) is 0.588. The molecule has 1 aromatic carbocycles. The summed E-state index contributed by atoms with van der Waals surface area (Å²) in [5.41, 5.74) is 1.14. The number of carbonyl (C=O) groups excluding carboxylic acids is 1. The van der Waals surface area contributed by atoms with Gasteiger partial charge in [0.1, 0.15) is 5.75 Å². The summed E-state index contributed by atoms with van der Waals surface area (Å²) in [6.07, 6.45) is 4.41. The van der Waals surface area contributed by atoms with E-state index in [-0.39, 0.29) is 24.5 Å². The van der Waals surface area contributed by atoms with Crippen LogP contribution in [0.4, 0.5) is 0 Å². The maximum Gasteiger partial charge on any atom is 0.220 e. The van der Waals surface area contributed by atoms with Crippen molar-refractivity contribution >= 4 is 5.91 Å². The first kappa shape index (κ1) is 14.4. The van der Waals surface area contributed by atoms with Crippen LogP contribution in [0.2, 0.25) is 0 Å². The summed E-state index contributed by atoms with van der Waals surface area (Å²) < 4.78 is 5.64. The lowest BCUT2D eigenvalue weighted by atomic mass is 9.90. The first-order chi connectivity index (χ1) is 10.3. The number of benzene rings is 1. The molecule has 0 bridgehead atoms. The molecular formula is C17H23NO3. The molecule has 1 aromatic rings. The average molecular weight is 289 g/mol. The Morgan fingerprint density at radius 1 is 1.33 bits per heavy atom. The number of amides is 1. The van der Waals surface area contributed by atoms with Gasteiger partial charge in [-0.3, -0.25) is 4.79 Å². The monoisotopic (exact) mass is 289 g/mol. The lowest BCUT2D eigenvalue weighted by molar-refractivity contribution is -0.122. The Bertz CT molecular complexity index is 499. The third kappa shape index (κ3) is 3.56. The van der Waals surface area contributed by atoms with Crippen LogP contribution in [0.5, 0.6) is 5.75 Å². The van der Waals surface area contributed by atoms with Crippen molar-refractivity contribution in [2.45, 2.75) is 44.1 Å². The van der Waals surface area contributed by atoms with Crippen LogP contribution in [0, 0.1) is 5.92 Å². The Morgan fingerprint density at radius 2 is 2.14 bits per heavy atom. The van der Waals surface area contributed by atoms with Crippen LogP contribution in [0.1, 0.15) is 43.6 Å². The third-order valence-electron chi connectivity index (χ3n) is 4.49. The molecular weight excluding hydrogens is 266 g/mol. The van der Waals surface area contributed by atoms with Gasteiger partial charge in [0.2, 0.25) is 5.91 Å². The summed E-state index contributed by atoms with van der Waals surface area (Å²) in [5.74, 6) is 1.82. The number of aliphatic hydroxyl groups excluding tert-OH is 1. The van der Waals surface area contributed by atoms with Crippen LogP contribution in [0.15, 0.2) is 24.3 Å². The van der Waals surface area contributed by atoms with Gasteiger partial charge >= 0.3 is 0 Å². The molecule has 1 amide bonds. The molecule has 21 heavy (non-hydrogen) atoms. The first-order valence-corrected chi connectivity index (χ1v) is 7.90. The molecule has 1 heterocycles. The highest BCUT2D eigenvalue weighted by atomic mass is 16.5. The van der Waals surface area contributed by atoms with E-state index in [1.807, 2.05) is 18.2 Å². The summed E-state index contributed by atoms with van der Waals surface area (Å²) in [7, 11) is 0. The van der Waals surface area contributed by atoms with Crippen molar-refractivity contribution < 1.29 is 14.6 Å². The first-order valence-electron chi connectivity index (χ1n) is 7.90. The molecule has 0 saturated heterocycles. The highest BCUT2D eigenvalue weighted by molar-refractivity contribution is 5.77. The highest BCUT2D eigenvalue weighted by Crippen LogP contribution is 2.36. The summed E-state index contributed by atoms with van der Waals surface area (Å²) in [5, 5.41) is 12.2. The molecule has 1 aliphatic heterocycles. The average Bonchev–Trinajstić information content (AvgIpc) is 3.32. The Balaban J connectivity index is 1.60. The van der Waals surface area contributed by atoms with E-state index in [9.17, 15) is 4.79 Å². The van der Waals surface area contributed by atoms with Crippen LogP contribution < -0.4 is 10.1 Å². The van der Waals surface area contributed by atoms with Gasteiger partial charge in [-0.05, 0) is 49.1 Å². The fourth-order valence-electron chi connectivity index (χ4n) is 3.18. The second kappa shape index (κ2) is 6.48. The molecule has 4 nitrogen and oxygen atoms in total. The minimum absolute atomic E-state index is 0.0991. The van der Waals surface area contributed by atoms with E-state index < -0.39 is 0 Å². The van der Waals surface area contributed by atoms with Gasteiger partial charge in [0.15, 0.2) is 0 Å². The topological polar surface area (TPSA) is 58.6 Å². The van der Waals surface area contributed by atoms with Crippen LogP contribution in [0.3, 0.4) is 0 Å². The zero-order valence-corrected chi connectivity index (χ0v) is 12.3. The number of aliphatic hydroxyl groups is 1. The van der Waals surface area contributed by atoms with Crippen molar-refractivity contribution in [1.82, 2.24) is 5.32 Å². The maximum absolute atomic E-state index is 12.3. The van der Waals surface area contributed by atoms with Gasteiger partial charge in [-0.2, -0.15) is 0 Å². The molecule has 4 heteroatoms. The van der Waals surface area contributed by atoms with Gasteiger partial charge in [0, 0.05) is 19.1 Å². The van der Waals surface area contributed by atoms with Crippen LogP contribution >= 0.6 is 0 Å². The fourth-order valence-corrected chi connectivity index (χ4v) is 3.18. The Labute approximate surface area is 125 Å².